The second kappa shape index (κ2) is 6.04. The van der Waals surface area contributed by atoms with Crippen molar-refractivity contribution < 1.29 is 14.7 Å². The Bertz CT molecular complexity index is 404. The lowest BCUT2D eigenvalue weighted by atomic mass is 10.2. The summed E-state index contributed by atoms with van der Waals surface area (Å²) >= 11 is 0. The zero-order valence-electron chi connectivity index (χ0n) is 10.7. The number of carboxylic acids is 1. The molecule has 2 atom stereocenters. The number of hydrogen-bond acceptors (Lipinski definition) is 3. The van der Waals surface area contributed by atoms with Crippen molar-refractivity contribution in [3.63, 3.8) is 0 Å². The molecule has 0 saturated heterocycles. The number of aromatic amines is 1. The Morgan fingerprint density at radius 1 is 1.56 bits per heavy atom. The largest absolute Gasteiger partial charge is 0.481 e. The maximum atomic E-state index is 11.8. The molecule has 100 valence electrons. The van der Waals surface area contributed by atoms with E-state index in [4.69, 9.17) is 5.11 Å². The molecule has 0 aliphatic rings. The molecule has 0 spiro atoms. The minimum absolute atomic E-state index is 0.159. The normalized spacial score (nSPS) is 13.7. The van der Waals surface area contributed by atoms with Crippen LogP contribution in [0.15, 0.2) is 12.4 Å². The number of aliphatic carboxylic acids is 1. The highest BCUT2D eigenvalue weighted by Crippen LogP contribution is 2.06. The van der Waals surface area contributed by atoms with Crippen LogP contribution in [0.4, 0.5) is 4.79 Å². The summed E-state index contributed by atoms with van der Waals surface area (Å²) in [5.74, 6) is -0.864. The van der Waals surface area contributed by atoms with Crippen molar-refractivity contribution in [1.82, 2.24) is 20.2 Å². The summed E-state index contributed by atoms with van der Waals surface area (Å²) in [6, 6.07) is -0.581. The number of nitrogens with zero attached hydrogens (tertiary/aromatic N) is 2. The number of urea groups is 1. The van der Waals surface area contributed by atoms with Gasteiger partial charge in [-0.25, -0.2) is 9.78 Å². The zero-order chi connectivity index (χ0) is 13.7. The summed E-state index contributed by atoms with van der Waals surface area (Å²) in [5, 5.41) is 11.5. The summed E-state index contributed by atoms with van der Waals surface area (Å²) in [4.78, 5) is 30.8. The molecule has 1 aromatic rings. The van der Waals surface area contributed by atoms with Crippen molar-refractivity contribution in [3.05, 3.63) is 18.2 Å². The van der Waals surface area contributed by atoms with Crippen LogP contribution in [0, 0.1) is 5.92 Å². The predicted octanol–water partition coefficient (Wildman–Crippen LogP) is 0.833. The third-order valence-corrected chi connectivity index (χ3v) is 2.59. The number of amides is 2. The molecule has 0 aliphatic heterocycles. The Morgan fingerprint density at radius 3 is 2.72 bits per heavy atom. The maximum absolute atomic E-state index is 11.8. The fourth-order valence-corrected chi connectivity index (χ4v) is 1.45. The molecule has 0 saturated carbocycles. The summed E-state index contributed by atoms with van der Waals surface area (Å²) in [5.41, 5.74) is 0. The van der Waals surface area contributed by atoms with E-state index in [0.717, 1.165) is 0 Å². The van der Waals surface area contributed by atoms with Crippen LogP contribution in [-0.2, 0) is 4.79 Å². The van der Waals surface area contributed by atoms with Gasteiger partial charge in [-0.3, -0.25) is 4.79 Å². The van der Waals surface area contributed by atoms with Crippen LogP contribution in [-0.4, -0.2) is 45.6 Å². The third-order valence-electron chi connectivity index (χ3n) is 2.59. The van der Waals surface area contributed by atoms with E-state index >= 15 is 0 Å². The second-order valence-corrected chi connectivity index (χ2v) is 4.27. The summed E-state index contributed by atoms with van der Waals surface area (Å²) in [6.45, 7) is 3.51. The number of rotatable bonds is 5. The van der Waals surface area contributed by atoms with Gasteiger partial charge in [0.05, 0.1) is 12.0 Å². The van der Waals surface area contributed by atoms with Gasteiger partial charge in [-0.1, -0.05) is 6.92 Å². The van der Waals surface area contributed by atoms with E-state index in [9.17, 15) is 9.59 Å². The van der Waals surface area contributed by atoms with Gasteiger partial charge in [0.25, 0.3) is 0 Å². The molecule has 3 N–H and O–H groups in total. The first-order chi connectivity index (χ1) is 8.41. The van der Waals surface area contributed by atoms with E-state index in [0.29, 0.717) is 5.82 Å². The molecule has 2 unspecified atom stereocenters. The zero-order valence-corrected chi connectivity index (χ0v) is 10.7. The van der Waals surface area contributed by atoms with E-state index in [-0.39, 0.29) is 18.6 Å². The number of carbonyl (C=O) groups excluding carboxylic acids is 1. The molecule has 0 aromatic carbocycles. The highest BCUT2D eigenvalue weighted by molar-refractivity contribution is 5.76. The first-order valence-electron chi connectivity index (χ1n) is 5.65. The van der Waals surface area contributed by atoms with Crippen LogP contribution < -0.4 is 5.32 Å². The number of imidazole rings is 1. The minimum atomic E-state index is -0.922. The number of H-pyrrole nitrogens is 1. The standard InChI is InChI=1S/C11H18N4O3/c1-7(10(16)17)6-15(3)11(18)14-8(2)9-12-4-5-13-9/h4-5,7-8H,6H2,1-3H3,(H,12,13)(H,14,18)(H,16,17). The highest BCUT2D eigenvalue weighted by atomic mass is 16.4. The van der Waals surface area contributed by atoms with Gasteiger partial charge < -0.3 is 20.3 Å². The van der Waals surface area contributed by atoms with E-state index in [1.165, 1.54) is 4.90 Å². The van der Waals surface area contributed by atoms with E-state index in [1.54, 1.807) is 33.3 Å². The Morgan fingerprint density at radius 2 is 2.22 bits per heavy atom. The fraction of sp³-hybridized carbons (Fsp3) is 0.545. The van der Waals surface area contributed by atoms with Gasteiger partial charge in [-0.15, -0.1) is 0 Å². The molecule has 0 bridgehead atoms. The SMILES string of the molecule is CC(CN(C)C(=O)NC(C)c1ncc[nH]1)C(=O)O. The van der Waals surface area contributed by atoms with Crippen molar-refractivity contribution in [2.75, 3.05) is 13.6 Å². The van der Waals surface area contributed by atoms with Crippen molar-refractivity contribution in [1.29, 1.82) is 0 Å². The molecule has 18 heavy (non-hydrogen) atoms. The van der Waals surface area contributed by atoms with Crippen LogP contribution in [0.2, 0.25) is 0 Å². The first kappa shape index (κ1) is 14.0. The Hall–Kier alpha value is -2.05. The van der Waals surface area contributed by atoms with Crippen molar-refractivity contribution in [2.24, 2.45) is 5.92 Å². The average molecular weight is 254 g/mol. The molecule has 7 nitrogen and oxygen atoms in total. The lowest BCUT2D eigenvalue weighted by Gasteiger charge is -2.22. The van der Waals surface area contributed by atoms with Gasteiger partial charge in [-0.05, 0) is 6.92 Å². The Labute approximate surface area is 105 Å². The van der Waals surface area contributed by atoms with E-state index in [2.05, 4.69) is 15.3 Å². The quantitative estimate of drug-likeness (QED) is 0.724. The highest BCUT2D eigenvalue weighted by Gasteiger charge is 2.19. The Balaban J connectivity index is 2.47. The monoisotopic (exact) mass is 254 g/mol. The van der Waals surface area contributed by atoms with Crippen molar-refractivity contribution in [2.45, 2.75) is 19.9 Å². The number of carbonyl (C=O) groups is 2. The van der Waals surface area contributed by atoms with Gasteiger partial charge in [0, 0.05) is 26.0 Å². The average Bonchev–Trinajstić information content (AvgIpc) is 2.81. The maximum Gasteiger partial charge on any atom is 0.317 e. The summed E-state index contributed by atoms with van der Waals surface area (Å²) in [6.07, 6.45) is 3.28. The fourth-order valence-electron chi connectivity index (χ4n) is 1.45. The molecule has 0 radical (unpaired) electrons. The predicted molar refractivity (Wildman–Crippen MR) is 65.0 cm³/mol. The molecular weight excluding hydrogens is 236 g/mol. The topological polar surface area (TPSA) is 98.3 Å². The number of aromatic nitrogens is 2. The van der Waals surface area contributed by atoms with Crippen LogP contribution in [0.25, 0.3) is 0 Å². The van der Waals surface area contributed by atoms with E-state index < -0.39 is 11.9 Å². The molecule has 1 heterocycles. The van der Waals surface area contributed by atoms with E-state index in [1.807, 2.05) is 0 Å². The van der Waals surface area contributed by atoms with Crippen LogP contribution in [0.5, 0.6) is 0 Å². The van der Waals surface area contributed by atoms with Gasteiger partial charge in [-0.2, -0.15) is 0 Å². The van der Waals surface area contributed by atoms with Gasteiger partial charge in [0.2, 0.25) is 0 Å². The number of nitrogens with one attached hydrogen (secondary N) is 2. The van der Waals surface area contributed by atoms with Crippen LogP contribution in [0.1, 0.15) is 25.7 Å². The molecule has 0 aliphatic carbocycles. The summed E-state index contributed by atoms with van der Waals surface area (Å²) in [7, 11) is 1.56. The lowest BCUT2D eigenvalue weighted by molar-refractivity contribution is -0.141. The van der Waals surface area contributed by atoms with Crippen molar-refractivity contribution >= 4 is 12.0 Å². The molecule has 1 rings (SSSR count). The lowest BCUT2D eigenvalue weighted by Crippen LogP contribution is -2.41. The third kappa shape index (κ3) is 3.76. The van der Waals surface area contributed by atoms with Gasteiger partial charge >= 0.3 is 12.0 Å². The number of carboxylic acid groups (broad SMARTS) is 1. The van der Waals surface area contributed by atoms with Crippen LogP contribution in [0.3, 0.4) is 0 Å². The summed E-state index contributed by atoms with van der Waals surface area (Å²) < 4.78 is 0. The molecule has 7 heteroatoms. The molecule has 0 fully saturated rings. The molecule has 2 amide bonds. The molecule has 1 aromatic heterocycles. The van der Waals surface area contributed by atoms with Gasteiger partial charge in [0.1, 0.15) is 5.82 Å². The van der Waals surface area contributed by atoms with Crippen LogP contribution >= 0.6 is 0 Å². The van der Waals surface area contributed by atoms with Crippen molar-refractivity contribution in [3.8, 4) is 0 Å². The van der Waals surface area contributed by atoms with Gasteiger partial charge in [0.15, 0.2) is 0 Å². The second-order valence-electron chi connectivity index (χ2n) is 4.27. The Kier molecular flexibility index (Phi) is 4.70. The smallest absolute Gasteiger partial charge is 0.317 e. The molecular formula is C11H18N4O3. The minimum Gasteiger partial charge on any atom is -0.481 e. The first-order valence-corrected chi connectivity index (χ1v) is 5.65. The number of hydrogen-bond donors (Lipinski definition) is 3.